The fraction of sp³-hybridized carbons (Fsp3) is 0.292. The normalized spacial score (nSPS) is 17.2. The molecule has 2 heterocycles. The van der Waals surface area contributed by atoms with Crippen LogP contribution in [-0.4, -0.2) is 35.7 Å². The summed E-state index contributed by atoms with van der Waals surface area (Å²) in [4.78, 5) is 41.1. The Hall–Kier alpha value is -3.12. The van der Waals surface area contributed by atoms with Gasteiger partial charge < -0.3 is 10.2 Å². The molecule has 0 unspecified atom stereocenters. The maximum atomic E-state index is 12.9. The Morgan fingerprint density at radius 1 is 0.871 bits per heavy atom. The average Bonchev–Trinajstić information content (AvgIpc) is 2.98. The molecule has 7 heteroatoms. The van der Waals surface area contributed by atoms with E-state index in [-0.39, 0.29) is 16.6 Å². The largest absolute Gasteiger partial charge is 0.350 e. The number of imide groups is 1. The fourth-order valence-corrected chi connectivity index (χ4v) is 4.05. The Kier molecular flexibility index (Phi) is 6.09. The second-order valence-corrected chi connectivity index (χ2v) is 8.26. The van der Waals surface area contributed by atoms with Crippen molar-refractivity contribution in [3.63, 3.8) is 0 Å². The van der Waals surface area contributed by atoms with Crippen LogP contribution in [0.4, 0.5) is 11.4 Å². The van der Waals surface area contributed by atoms with E-state index in [0.717, 1.165) is 49.2 Å². The van der Waals surface area contributed by atoms with E-state index in [4.69, 9.17) is 11.6 Å². The molecule has 1 fully saturated rings. The maximum absolute atomic E-state index is 12.9. The van der Waals surface area contributed by atoms with Crippen LogP contribution in [0.2, 0.25) is 0 Å². The molecule has 0 spiro atoms. The van der Waals surface area contributed by atoms with Gasteiger partial charge in [0.05, 0.1) is 5.69 Å². The molecule has 6 nitrogen and oxygen atoms in total. The summed E-state index contributed by atoms with van der Waals surface area (Å²) in [6, 6.07) is 14.0. The van der Waals surface area contributed by atoms with E-state index in [1.807, 2.05) is 24.0 Å². The number of benzene rings is 2. The first-order valence-corrected chi connectivity index (χ1v) is 10.8. The summed E-state index contributed by atoms with van der Waals surface area (Å²) >= 11 is 6.19. The molecule has 0 aromatic heterocycles. The van der Waals surface area contributed by atoms with Crippen molar-refractivity contribution in [1.82, 2.24) is 4.90 Å². The predicted octanol–water partition coefficient (Wildman–Crippen LogP) is 4.45. The number of halogens is 1. The zero-order valence-corrected chi connectivity index (χ0v) is 18.1. The fourth-order valence-electron chi connectivity index (χ4n) is 3.84. The third-order valence-electron chi connectivity index (χ3n) is 5.61. The van der Waals surface area contributed by atoms with Gasteiger partial charge in [-0.15, -0.1) is 0 Å². The molecule has 0 bridgehead atoms. The second-order valence-electron chi connectivity index (χ2n) is 7.88. The minimum atomic E-state index is -0.564. The summed E-state index contributed by atoms with van der Waals surface area (Å²) in [5.41, 5.74) is 2.69. The maximum Gasteiger partial charge on any atom is 0.283 e. The molecule has 0 atom stereocenters. The van der Waals surface area contributed by atoms with E-state index in [0.29, 0.717) is 16.9 Å². The summed E-state index contributed by atoms with van der Waals surface area (Å²) in [6.45, 7) is 3.50. The first kappa shape index (κ1) is 21.1. The highest BCUT2D eigenvalue weighted by atomic mass is 35.5. The monoisotopic (exact) mass is 437 g/mol. The lowest BCUT2D eigenvalue weighted by molar-refractivity contribution is -0.120. The second kappa shape index (κ2) is 8.94. The molecule has 2 aromatic rings. The zero-order valence-electron chi connectivity index (χ0n) is 17.4. The van der Waals surface area contributed by atoms with Crippen LogP contribution in [-0.2, 0) is 9.59 Å². The minimum absolute atomic E-state index is 0.0170. The van der Waals surface area contributed by atoms with Crippen molar-refractivity contribution in [2.45, 2.75) is 32.6 Å². The first-order chi connectivity index (χ1) is 15.0. The number of aryl methyl sites for hydroxylation is 1. The molecule has 4 rings (SSSR count). The number of nitrogens with zero attached hydrogens (tertiary/aromatic N) is 2. The van der Waals surface area contributed by atoms with E-state index in [2.05, 4.69) is 5.32 Å². The number of carbonyl (C=O) groups is 3. The van der Waals surface area contributed by atoms with Gasteiger partial charge in [-0.05, 0) is 56.2 Å². The first-order valence-electron chi connectivity index (χ1n) is 10.5. The van der Waals surface area contributed by atoms with Crippen molar-refractivity contribution in [3.05, 3.63) is 70.4 Å². The van der Waals surface area contributed by atoms with Crippen LogP contribution in [0.5, 0.6) is 0 Å². The van der Waals surface area contributed by atoms with Gasteiger partial charge in [0.1, 0.15) is 10.7 Å². The van der Waals surface area contributed by atoms with Crippen LogP contribution < -0.4 is 10.2 Å². The highest BCUT2D eigenvalue weighted by Gasteiger charge is 2.38. The van der Waals surface area contributed by atoms with Crippen LogP contribution in [0.3, 0.4) is 0 Å². The summed E-state index contributed by atoms with van der Waals surface area (Å²) in [6.07, 6.45) is 4.39. The van der Waals surface area contributed by atoms with Crippen LogP contribution in [0.25, 0.3) is 0 Å². The van der Waals surface area contributed by atoms with Gasteiger partial charge >= 0.3 is 0 Å². The molecule has 2 aliphatic heterocycles. The quantitative estimate of drug-likeness (QED) is 0.717. The molecule has 1 N–H and O–H groups in total. The summed E-state index contributed by atoms with van der Waals surface area (Å²) in [5.74, 6) is -1.06. The molecule has 3 amide bonds. The lowest BCUT2D eigenvalue weighted by Crippen LogP contribution is -2.32. The SMILES string of the molecule is Cc1ccc(N2C(=O)C(Cl)=C(Nc3ccc(C(=O)N4CCCCCC4)cc3)C2=O)cc1. The number of rotatable bonds is 4. The van der Waals surface area contributed by atoms with Crippen molar-refractivity contribution >= 4 is 40.7 Å². The van der Waals surface area contributed by atoms with E-state index in [9.17, 15) is 14.4 Å². The Morgan fingerprint density at radius 2 is 1.48 bits per heavy atom. The molecule has 0 aliphatic carbocycles. The molecular weight excluding hydrogens is 414 g/mol. The summed E-state index contributed by atoms with van der Waals surface area (Å²) in [7, 11) is 0. The van der Waals surface area contributed by atoms with Gasteiger partial charge in [-0.3, -0.25) is 14.4 Å². The van der Waals surface area contributed by atoms with Crippen molar-refractivity contribution in [3.8, 4) is 0 Å². The summed E-state index contributed by atoms with van der Waals surface area (Å²) < 4.78 is 0. The van der Waals surface area contributed by atoms with Crippen molar-refractivity contribution in [2.24, 2.45) is 0 Å². The van der Waals surface area contributed by atoms with Gasteiger partial charge in [0, 0.05) is 24.3 Å². The molecule has 31 heavy (non-hydrogen) atoms. The Balaban J connectivity index is 1.48. The predicted molar refractivity (Wildman–Crippen MR) is 121 cm³/mol. The van der Waals surface area contributed by atoms with E-state index < -0.39 is 11.8 Å². The van der Waals surface area contributed by atoms with Crippen LogP contribution >= 0.6 is 11.6 Å². The number of likely N-dealkylation sites (tertiary alicyclic amines) is 1. The van der Waals surface area contributed by atoms with Gasteiger partial charge in [-0.1, -0.05) is 42.1 Å². The average molecular weight is 438 g/mol. The molecule has 2 aromatic carbocycles. The van der Waals surface area contributed by atoms with Crippen LogP contribution in [0.1, 0.15) is 41.6 Å². The molecular formula is C24H24ClN3O3. The van der Waals surface area contributed by atoms with Crippen molar-refractivity contribution in [1.29, 1.82) is 0 Å². The standard InChI is InChI=1S/C24H24ClN3O3/c1-16-6-12-19(13-7-16)28-23(30)20(25)21(24(28)31)26-18-10-8-17(9-11-18)22(29)27-14-4-2-3-5-15-27/h6-13,26H,2-5,14-15H2,1H3. The topological polar surface area (TPSA) is 69.7 Å². The minimum Gasteiger partial charge on any atom is -0.350 e. The smallest absolute Gasteiger partial charge is 0.283 e. The lowest BCUT2D eigenvalue weighted by atomic mass is 10.1. The van der Waals surface area contributed by atoms with Crippen LogP contribution in [0.15, 0.2) is 59.3 Å². The number of carbonyl (C=O) groups excluding carboxylic acids is 3. The summed E-state index contributed by atoms with van der Waals surface area (Å²) in [5, 5.41) is 2.79. The lowest BCUT2D eigenvalue weighted by Gasteiger charge is -2.20. The van der Waals surface area contributed by atoms with Gasteiger partial charge in [0.25, 0.3) is 17.7 Å². The van der Waals surface area contributed by atoms with E-state index in [1.165, 1.54) is 0 Å². The molecule has 0 saturated carbocycles. The van der Waals surface area contributed by atoms with E-state index >= 15 is 0 Å². The van der Waals surface area contributed by atoms with Gasteiger partial charge in [-0.2, -0.15) is 0 Å². The Labute approximate surface area is 186 Å². The van der Waals surface area contributed by atoms with Gasteiger partial charge in [0.15, 0.2) is 0 Å². The molecule has 160 valence electrons. The number of amides is 3. The third kappa shape index (κ3) is 4.35. The number of anilines is 2. The van der Waals surface area contributed by atoms with Crippen molar-refractivity contribution in [2.75, 3.05) is 23.3 Å². The number of nitrogens with one attached hydrogen (secondary N) is 1. The Bertz CT molecular complexity index is 1040. The molecule has 2 aliphatic rings. The van der Waals surface area contributed by atoms with Gasteiger partial charge in [0.2, 0.25) is 0 Å². The number of hydrogen-bond acceptors (Lipinski definition) is 4. The molecule has 1 saturated heterocycles. The highest BCUT2D eigenvalue weighted by Crippen LogP contribution is 2.30. The third-order valence-corrected chi connectivity index (χ3v) is 5.96. The zero-order chi connectivity index (χ0) is 22.0. The Morgan fingerprint density at radius 3 is 2.10 bits per heavy atom. The van der Waals surface area contributed by atoms with Crippen molar-refractivity contribution < 1.29 is 14.4 Å². The van der Waals surface area contributed by atoms with E-state index in [1.54, 1.807) is 36.4 Å². The highest BCUT2D eigenvalue weighted by molar-refractivity contribution is 6.53. The van der Waals surface area contributed by atoms with Gasteiger partial charge in [-0.25, -0.2) is 4.90 Å². The van der Waals surface area contributed by atoms with Crippen LogP contribution in [0, 0.1) is 6.92 Å². The number of hydrogen-bond donors (Lipinski definition) is 1. The molecule has 0 radical (unpaired) electrons.